The predicted molar refractivity (Wildman–Crippen MR) is 67.6 cm³/mol. The van der Waals surface area contributed by atoms with E-state index in [0.29, 0.717) is 0 Å². The minimum Gasteiger partial charge on any atom is -0.478 e. The van der Waals surface area contributed by atoms with E-state index < -0.39 is 33.1 Å². The first-order chi connectivity index (χ1) is 7.29. The van der Waals surface area contributed by atoms with Crippen molar-refractivity contribution in [3.8, 4) is 0 Å². The number of carboxylic acids is 2. The van der Waals surface area contributed by atoms with Gasteiger partial charge in [-0.1, -0.05) is 46.4 Å². The molecular weight excluding hydrogens is 337 g/mol. The lowest BCUT2D eigenvalue weighted by Gasteiger charge is -2.10. The predicted octanol–water partition coefficient (Wildman–Crippen LogP) is 4.12. The van der Waals surface area contributed by atoms with Crippen LogP contribution in [0.15, 0.2) is 0 Å². The van der Waals surface area contributed by atoms with Gasteiger partial charge in [0.15, 0.2) is 0 Å². The maximum atomic E-state index is 10.9. The van der Waals surface area contributed by atoms with Crippen LogP contribution < -0.4 is 0 Å². The molecule has 2 N–H and O–H groups in total. The van der Waals surface area contributed by atoms with Crippen LogP contribution in [0.4, 0.5) is 0 Å². The van der Waals surface area contributed by atoms with Crippen molar-refractivity contribution in [3.05, 3.63) is 31.2 Å². The molecule has 4 nitrogen and oxygen atoms in total. The molecule has 0 radical (unpaired) electrons. The molecule has 0 heterocycles. The molecule has 0 aliphatic heterocycles. The second-order valence-corrected chi connectivity index (χ2v) is 4.13. The molecule has 1 rings (SSSR count). The summed E-state index contributed by atoms with van der Waals surface area (Å²) in [7, 11) is 0. The summed E-state index contributed by atoms with van der Waals surface area (Å²) < 4.78 is 0. The fourth-order valence-electron chi connectivity index (χ4n) is 1.03. The van der Waals surface area contributed by atoms with Crippen molar-refractivity contribution in [2.75, 3.05) is 0 Å². The average Bonchev–Trinajstić information content (AvgIpc) is 2.18. The van der Waals surface area contributed by atoms with Crippen molar-refractivity contribution in [2.24, 2.45) is 0 Å². The number of carbonyl (C=O) groups is 2. The topological polar surface area (TPSA) is 74.6 Å². The second kappa shape index (κ2) is 5.98. The Morgan fingerprint density at radius 3 is 1.12 bits per heavy atom. The lowest BCUT2D eigenvalue weighted by molar-refractivity contribution is 0.0652. The van der Waals surface area contributed by atoms with Crippen LogP contribution in [-0.2, 0) is 0 Å². The molecule has 0 amide bonds. The molecule has 94 valence electrons. The van der Waals surface area contributed by atoms with Gasteiger partial charge in [0.1, 0.15) is 0 Å². The van der Waals surface area contributed by atoms with Gasteiger partial charge in [0.05, 0.1) is 31.2 Å². The Kier molecular flexibility index (Phi) is 5.84. The van der Waals surface area contributed by atoms with Crippen LogP contribution in [0, 0.1) is 0 Å². The molecule has 0 spiro atoms. The Morgan fingerprint density at radius 1 is 0.706 bits per heavy atom. The normalized spacial score (nSPS) is 9.65. The maximum absolute atomic E-state index is 10.9. The highest BCUT2D eigenvalue weighted by Crippen LogP contribution is 2.41. The highest BCUT2D eigenvalue weighted by molar-refractivity contribution is 6.53. The summed E-state index contributed by atoms with van der Waals surface area (Å²) in [4.78, 5) is 21.7. The average molecular weight is 340 g/mol. The van der Waals surface area contributed by atoms with Crippen molar-refractivity contribution in [2.45, 2.75) is 0 Å². The van der Waals surface area contributed by atoms with Crippen molar-refractivity contribution in [3.63, 3.8) is 0 Å². The third kappa shape index (κ3) is 2.89. The zero-order chi connectivity index (χ0) is 12.6. The van der Waals surface area contributed by atoms with E-state index in [9.17, 15) is 9.59 Å². The zero-order valence-electron chi connectivity index (χ0n) is 7.63. The molecule has 0 aliphatic rings. The minimum atomic E-state index is -1.55. The number of hydrogen-bond acceptors (Lipinski definition) is 2. The number of aromatic carboxylic acids is 2. The quantitative estimate of drug-likeness (QED) is 0.627. The van der Waals surface area contributed by atoms with E-state index in [2.05, 4.69) is 0 Å². The molecule has 0 aliphatic carbocycles. The van der Waals surface area contributed by atoms with Crippen LogP contribution in [0.2, 0.25) is 20.1 Å². The van der Waals surface area contributed by atoms with Crippen molar-refractivity contribution < 1.29 is 19.8 Å². The summed E-state index contributed by atoms with van der Waals surface area (Å²) >= 11 is 22.4. The molecule has 17 heavy (non-hydrogen) atoms. The largest absolute Gasteiger partial charge is 0.478 e. The number of rotatable bonds is 2. The highest BCUT2D eigenvalue weighted by Gasteiger charge is 2.28. The molecule has 9 heteroatoms. The molecule has 0 aromatic heterocycles. The monoisotopic (exact) mass is 338 g/mol. The Labute approximate surface area is 121 Å². The Morgan fingerprint density at radius 2 is 0.941 bits per heavy atom. The van der Waals surface area contributed by atoms with Crippen LogP contribution in [-0.4, -0.2) is 22.2 Å². The minimum absolute atomic E-state index is 0. The number of benzene rings is 1. The molecule has 0 saturated heterocycles. The summed E-state index contributed by atoms with van der Waals surface area (Å²) in [6.07, 6.45) is 0. The molecule has 1 aromatic carbocycles. The lowest BCUT2D eigenvalue weighted by Crippen LogP contribution is -2.10. The van der Waals surface area contributed by atoms with Gasteiger partial charge in [-0.25, -0.2) is 9.59 Å². The van der Waals surface area contributed by atoms with Gasteiger partial charge in [-0.2, -0.15) is 0 Å². The second-order valence-electron chi connectivity index (χ2n) is 2.62. The van der Waals surface area contributed by atoms with Gasteiger partial charge in [0.25, 0.3) is 0 Å². The standard InChI is InChI=1S/C8H2Cl4O4.ClH/c9-3-1(7(13)14)2(8(15)16)4(10)6(12)5(3)11;/h(H,13,14)(H,15,16);1H. The van der Waals surface area contributed by atoms with Gasteiger partial charge < -0.3 is 10.2 Å². The van der Waals surface area contributed by atoms with Crippen LogP contribution >= 0.6 is 58.8 Å². The van der Waals surface area contributed by atoms with Crippen LogP contribution in [0.3, 0.4) is 0 Å². The maximum Gasteiger partial charge on any atom is 0.338 e. The van der Waals surface area contributed by atoms with E-state index in [1.165, 1.54) is 0 Å². The first-order valence-corrected chi connectivity index (χ1v) is 5.12. The van der Waals surface area contributed by atoms with E-state index in [4.69, 9.17) is 56.6 Å². The Bertz CT molecular complexity index is 454. The molecule has 0 unspecified atom stereocenters. The van der Waals surface area contributed by atoms with Crippen LogP contribution in [0.1, 0.15) is 20.7 Å². The van der Waals surface area contributed by atoms with Crippen molar-refractivity contribution in [1.82, 2.24) is 0 Å². The first-order valence-electron chi connectivity index (χ1n) is 3.61. The number of carboxylic acid groups (broad SMARTS) is 2. The fraction of sp³-hybridized carbons (Fsp3) is 0. The van der Waals surface area contributed by atoms with Gasteiger partial charge in [0, 0.05) is 0 Å². The number of halogens is 5. The van der Waals surface area contributed by atoms with Gasteiger partial charge >= 0.3 is 11.9 Å². The molecular formula is C8H3Cl5O4. The van der Waals surface area contributed by atoms with E-state index >= 15 is 0 Å². The summed E-state index contributed by atoms with van der Waals surface area (Å²) in [5.74, 6) is -3.11. The molecule has 0 atom stereocenters. The lowest BCUT2D eigenvalue weighted by atomic mass is 10.1. The first kappa shape index (κ1) is 16.6. The number of hydrogen-bond donors (Lipinski definition) is 2. The Balaban J connectivity index is 0.00000256. The summed E-state index contributed by atoms with van der Waals surface area (Å²) in [5, 5.41) is 16.1. The third-order valence-electron chi connectivity index (χ3n) is 1.69. The highest BCUT2D eigenvalue weighted by atomic mass is 35.5. The summed E-state index contributed by atoms with van der Waals surface area (Å²) in [6.45, 7) is 0. The van der Waals surface area contributed by atoms with E-state index in [0.717, 1.165) is 0 Å². The molecule has 1 aromatic rings. The molecule has 0 bridgehead atoms. The smallest absolute Gasteiger partial charge is 0.338 e. The van der Waals surface area contributed by atoms with Gasteiger partial charge in [-0.05, 0) is 0 Å². The van der Waals surface area contributed by atoms with E-state index in [1.54, 1.807) is 0 Å². The summed E-state index contributed by atoms with van der Waals surface area (Å²) in [6, 6.07) is 0. The Hall–Kier alpha value is -0.390. The SMILES string of the molecule is Cl.O=C(O)c1c(Cl)c(Cl)c(Cl)c(Cl)c1C(=O)O. The summed E-state index contributed by atoms with van der Waals surface area (Å²) in [5.41, 5.74) is -1.37. The van der Waals surface area contributed by atoms with E-state index in [1.807, 2.05) is 0 Å². The molecule has 0 fully saturated rings. The van der Waals surface area contributed by atoms with Gasteiger partial charge in [-0.15, -0.1) is 12.4 Å². The van der Waals surface area contributed by atoms with Crippen LogP contribution in [0.25, 0.3) is 0 Å². The fourth-order valence-corrected chi connectivity index (χ4v) is 2.05. The van der Waals surface area contributed by atoms with Crippen LogP contribution in [0.5, 0.6) is 0 Å². The van der Waals surface area contributed by atoms with E-state index in [-0.39, 0.29) is 22.5 Å². The van der Waals surface area contributed by atoms with Crippen molar-refractivity contribution >= 4 is 70.7 Å². The van der Waals surface area contributed by atoms with Gasteiger partial charge in [0.2, 0.25) is 0 Å². The third-order valence-corrected chi connectivity index (χ3v) is 3.50. The van der Waals surface area contributed by atoms with Gasteiger partial charge in [-0.3, -0.25) is 0 Å². The molecule has 0 saturated carbocycles. The zero-order valence-corrected chi connectivity index (χ0v) is 11.5. The van der Waals surface area contributed by atoms with Crippen molar-refractivity contribution in [1.29, 1.82) is 0 Å².